The van der Waals surface area contributed by atoms with E-state index >= 15 is 0 Å². The van der Waals surface area contributed by atoms with Crippen LogP contribution in [0.25, 0.3) is 0 Å². The van der Waals surface area contributed by atoms with E-state index in [4.69, 9.17) is 5.73 Å². The third-order valence-electron chi connectivity index (χ3n) is 1.13. The van der Waals surface area contributed by atoms with Crippen molar-refractivity contribution in [1.29, 1.82) is 0 Å². The van der Waals surface area contributed by atoms with Crippen molar-refractivity contribution < 1.29 is 14.3 Å². The summed E-state index contributed by atoms with van der Waals surface area (Å²) in [5.41, 5.74) is 4.88. The SMILES string of the molecule is C=CCOC(=O)N(CC)C(N)=O. The number of nitrogens with zero attached hydrogens (tertiary/aromatic N) is 1. The number of amides is 3. The number of urea groups is 1. The number of primary amides is 1. The van der Waals surface area contributed by atoms with Crippen molar-refractivity contribution >= 4 is 12.1 Å². The lowest BCUT2D eigenvalue weighted by Gasteiger charge is -2.14. The van der Waals surface area contributed by atoms with E-state index in [1.807, 2.05) is 0 Å². The number of carbonyl (C=O) groups excluding carboxylic acids is 2. The Kier molecular flexibility index (Phi) is 4.52. The molecule has 0 aromatic heterocycles. The Balaban J connectivity index is 4.03. The van der Waals surface area contributed by atoms with Gasteiger partial charge in [0.2, 0.25) is 0 Å². The molecule has 0 rings (SSSR count). The number of nitrogens with two attached hydrogens (primary N) is 1. The maximum atomic E-state index is 10.9. The van der Waals surface area contributed by atoms with Crippen molar-refractivity contribution in [3.8, 4) is 0 Å². The molecule has 0 aliphatic rings. The van der Waals surface area contributed by atoms with Crippen molar-refractivity contribution in [3.63, 3.8) is 0 Å². The Hall–Kier alpha value is -1.52. The average Bonchev–Trinajstić information content (AvgIpc) is 2.01. The lowest BCUT2D eigenvalue weighted by Crippen LogP contribution is -2.40. The summed E-state index contributed by atoms with van der Waals surface area (Å²) in [5, 5.41) is 0. The lowest BCUT2D eigenvalue weighted by molar-refractivity contribution is 0.123. The molecule has 0 aromatic rings. The molecule has 0 fully saturated rings. The molecule has 0 heterocycles. The van der Waals surface area contributed by atoms with E-state index in [2.05, 4.69) is 11.3 Å². The monoisotopic (exact) mass is 172 g/mol. The van der Waals surface area contributed by atoms with Crippen molar-refractivity contribution in [1.82, 2.24) is 4.90 Å². The van der Waals surface area contributed by atoms with Crippen molar-refractivity contribution in [2.45, 2.75) is 6.92 Å². The van der Waals surface area contributed by atoms with Gasteiger partial charge in [0.05, 0.1) is 0 Å². The minimum absolute atomic E-state index is 0.0720. The summed E-state index contributed by atoms with van der Waals surface area (Å²) in [6.07, 6.45) is 0.664. The molecule has 0 unspecified atom stereocenters. The number of rotatable bonds is 3. The quantitative estimate of drug-likeness (QED) is 0.637. The van der Waals surface area contributed by atoms with E-state index in [1.54, 1.807) is 6.92 Å². The standard InChI is InChI=1S/C7H12N2O3/c1-3-5-12-7(11)9(4-2)6(8)10/h3H,1,4-5H2,2H3,(H2,8,10). The number of hydrogen-bond acceptors (Lipinski definition) is 3. The molecule has 0 aromatic carbocycles. The van der Waals surface area contributed by atoms with Crippen LogP contribution in [0.15, 0.2) is 12.7 Å². The molecule has 0 saturated carbocycles. The van der Waals surface area contributed by atoms with Crippen LogP contribution in [-0.2, 0) is 4.74 Å². The molecule has 0 aliphatic carbocycles. The van der Waals surface area contributed by atoms with Gasteiger partial charge in [0.15, 0.2) is 0 Å². The summed E-state index contributed by atoms with van der Waals surface area (Å²) in [4.78, 5) is 22.3. The van der Waals surface area contributed by atoms with E-state index < -0.39 is 12.1 Å². The number of imide groups is 1. The minimum Gasteiger partial charge on any atom is -0.445 e. The van der Waals surface area contributed by atoms with Crippen molar-refractivity contribution in [3.05, 3.63) is 12.7 Å². The zero-order valence-electron chi connectivity index (χ0n) is 6.95. The van der Waals surface area contributed by atoms with E-state index in [-0.39, 0.29) is 13.2 Å². The molecule has 5 nitrogen and oxygen atoms in total. The second-order valence-electron chi connectivity index (χ2n) is 1.95. The van der Waals surface area contributed by atoms with E-state index in [0.29, 0.717) is 0 Å². The second-order valence-corrected chi connectivity index (χ2v) is 1.95. The summed E-state index contributed by atoms with van der Waals surface area (Å²) in [5.74, 6) is 0. The van der Waals surface area contributed by atoms with E-state index in [1.165, 1.54) is 6.08 Å². The fourth-order valence-electron chi connectivity index (χ4n) is 0.583. The highest BCUT2D eigenvalue weighted by Gasteiger charge is 2.16. The topological polar surface area (TPSA) is 72.6 Å². The highest BCUT2D eigenvalue weighted by atomic mass is 16.6. The first-order chi connectivity index (χ1) is 5.63. The van der Waals surface area contributed by atoms with E-state index in [0.717, 1.165) is 4.90 Å². The zero-order valence-corrected chi connectivity index (χ0v) is 6.95. The summed E-state index contributed by atoms with van der Waals surface area (Å²) in [7, 11) is 0. The third kappa shape index (κ3) is 3.05. The Morgan fingerprint density at radius 2 is 2.25 bits per heavy atom. The fourth-order valence-corrected chi connectivity index (χ4v) is 0.583. The number of ether oxygens (including phenoxy) is 1. The molecule has 0 spiro atoms. The van der Waals surface area contributed by atoms with Gasteiger partial charge >= 0.3 is 12.1 Å². The van der Waals surface area contributed by atoms with Crippen LogP contribution in [0.5, 0.6) is 0 Å². The predicted octanol–water partition coefficient (Wildman–Crippen LogP) is 0.710. The van der Waals surface area contributed by atoms with Crippen LogP contribution in [0.1, 0.15) is 6.92 Å². The molecule has 3 amide bonds. The maximum Gasteiger partial charge on any atom is 0.418 e. The maximum absolute atomic E-state index is 10.9. The van der Waals surface area contributed by atoms with Gasteiger partial charge in [-0.3, -0.25) is 0 Å². The Labute approximate surface area is 70.8 Å². The van der Waals surface area contributed by atoms with Gasteiger partial charge < -0.3 is 10.5 Å². The number of hydrogen-bond donors (Lipinski definition) is 1. The predicted molar refractivity (Wildman–Crippen MR) is 43.5 cm³/mol. The van der Waals surface area contributed by atoms with Crippen LogP contribution in [0.4, 0.5) is 9.59 Å². The van der Waals surface area contributed by atoms with E-state index in [9.17, 15) is 9.59 Å². The Morgan fingerprint density at radius 1 is 1.67 bits per heavy atom. The first kappa shape index (κ1) is 10.5. The highest BCUT2D eigenvalue weighted by Crippen LogP contribution is 1.92. The summed E-state index contributed by atoms with van der Waals surface area (Å²) < 4.78 is 4.57. The fraction of sp³-hybridized carbons (Fsp3) is 0.429. The van der Waals surface area contributed by atoms with Crippen LogP contribution < -0.4 is 5.73 Å². The summed E-state index contributed by atoms with van der Waals surface area (Å²) in [6.45, 7) is 5.25. The first-order valence-electron chi connectivity index (χ1n) is 3.48. The lowest BCUT2D eigenvalue weighted by atomic mass is 10.6. The normalized spacial score (nSPS) is 8.75. The van der Waals surface area contributed by atoms with Gasteiger partial charge in [-0.15, -0.1) is 0 Å². The highest BCUT2D eigenvalue weighted by molar-refractivity contribution is 5.89. The van der Waals surface area contributed by atoms with Gasteiger partial charge in [0, 0.05) is 6.54 Å². The molecule has 0 aliphatic heterocycles. The summed E-state index contributed by atoms with van der Waals surface area (Å²) >= 11 is 0. The van der Waals surface area contributed by atoms with Crippen molar-refractivity contribution in [2.24, 2.45) is 5.73 Å². The van der Waals surface area contributed by atoms with Crippen LogP contribution >= 0.6 is 0 Å². The molecule has 0 atom stereocenters. The van der Waals surface area contributed by atoms with Gasteiger partial charge in [-0.1, -0.05) is 12.7 Å². The number of carbonyl (C=O) groups is 2. The van der Waals surface area contributed by atoms with Crippen molar-refractivity contribution in [2.75, 3.05) is 13.2 Å². The van der Waals surface area contributed by atoms with Gasteiger partial charge in [-0.2, -0.15) is 0 Å². The Bertz CT molecular complexity index is 191. The first-order valence-corrected chi connectivity index (χ1v) is 3.48. The second kappa shape index (κ2) is 5.17. The molecular weight excluding hydrogens is 160 g/mol. The zero-order chi connectivity index (χ0) is 9.56. The van der Waals surface area contributed by atoms with Crippen LogP contribution in [-0.4, -0.2) is 30.2 Å². The van der Waals surface area contributed by atoms with Crippen LogP contribution in [0, 0.1) is 0 Å². The van der Waals surface area contributed by atoms with Crippen LogP contribution in [0.2, 0.25) is 0 Å². The molecular formula is C7H12N2O3. The molecule has 5 heteroatoms. The molecule has 12 heavy (non-hydrogen) atoms. The molecule has 0 bridgehead atoms. The smallest absolute Gasteiger partial charge is 0.418 e. The average molecular weight is 172 g/mol. The van der Waals surface area contributed by atoms with Gasteiger partial charge in [0.25, 0.3) is 0 Å². The summed E-state index contributed by atoms with van der Waals surface area (Å²) in [6, 6.07) is -0.813. The van der Waals surface area contributed by atoms with Gasteiger partial charge in [-0.05, 0) is 6.92 Å². The van der Waals surface area contributed by atoms with Gasteiger partial charge in [0.1, 0.15) is 6.61 Å². The minimum atomic E-state index is -0.813. The molecule has 0 saturated heterocycles. The third-order valence-corrected chi connectivity index (χ3v) is 1.13. The Morgan fingerprint density at radius 3 is 2.58 bits per heavy atom. The molecule has 0 radical (unpaired) electrons. The largest absolute Gasteiger partial charge is 0.445 e. The van der Waals surface area contributed by atoms with Gasteiger partial charge in [-0.25, -0.2) is 14.5 Å². The molecule has 68 valence electrons. The molecule has 2 N–H and O–H groups in total. The van der Waals surface area contributed by atoms with Crippen LogP contribution in [0.3, 0.4) is 0 Å².